The van der Waals surface area contributed by atoms with Crippen molar-refractivity contribution in [2.75, 3.05) is 24.8 Å². The minimum Gasteiger partial charge on any atom is -0.491 e. The molecule has 4 rings (SSSR count). The maximum Gasteiger partial charge on any atom is 0.159 e. The van der Waals surface area contributed by atoms with Crippen molar-refractivity contribution >= 4 is 5.69 Å². The van der Waals surface area contributed by atoms with Crippen LogP contribution in [-0.4, -0.2) is 25.9 Å². The molecule has 0 saturated carbocycles. The summed E-state index contributed by atoms with van der Waals surface area (Å²) >= 11 is 0. The van der Waals surface area contributed by atoms with E-state index < -0.39 is 0 Å². The first-order chi connectivity index (χ1) is 7.86. The van der Waals surface area contributed by atoms with Gasteiger partial charge < -0.3 is 14.3 Å². The molecule has 0 radical (unpaired) electrons. The van der Waals surface area contributed by atoms with Crippen LogP contribution < -0.4 is 14.6 Å². The predicted molar refractivity (Wildman–Crippen MR) is 59.9 cm³/mol. The SMILES string of the molecule is CCCOc1cc2ccc1N(CC1CO1)O2. The topological polar surface area (TPSA) is 34.2 Å². The summed E-state index contributed by atoms with van der Waals surface area (Å²) in [6.07, 6.45) is 1.32. The number of ether oxygens (including phenoxy) is 2. The molecule has 1 aromatic carbocycles. The van der Waals surface area contributed by atoms with Crippen molar-refractivity contribution in [1.29, 1.82) is 0 Å². The molecule has 1 atom stereocenters. The first-order valence-corrected chi connectivity index (χ1v) is 5.71. The van der Waals surface area contributed by atoms with Gasteiger partial charge in [-0.2, -0.15) is 0 Å². The summed E-state index contributed by atoms with van der Waals surface area (Å²) in [6.45, 7) is 4.45. The van der Waals surface area contributed by atoms with E-state index in [2.05, 4.69) is 6.92 Å². The maximum absolute atomic E-state index is 5.69. The Balaban J connectivity index is 1.77. The molecule has 86 valence electrons. The molecule has 1 saturated heterocycles. The van der Waals surface area contributed by atoms with Gasteiger partial charge in [0.05, 0.1) is 19.8 Å². The lowest BCUT2D eigenvalue weighted by molar-refractivity contribution is 0.237. The van der Waals surface area contributed by atoms with Gasteiger partial charge in [0.2, 0.25) is 0 Å². The fraction of sp³-hybridized carbons (Fsp3) is 0.500. The highest BCUT2D eigenvalue weighted by Crippen LogP contribution is 2.38. The molecular formula is C12H15NO3. The third-order valence-corrected chi connectivity index (χ3v) is 2.65. The average molecular weight is 221 g/mol. The zero-order valence-electron chi connectivity index (χ0n) is 9.31. The van der Waals surface area contributed by atoms with Gasteiger partial charge in [-0.25, -0.2) is 5.06 Å². The Labute approximate surface area is 94.7 Å². The van der Waals surface area contributed by atoms with Crippen LogP contribution in [0, 0.1) is 0 Å². The van der Waals surface area contributed by atoms with Crippen molar-refractivity contribution in [1.82, 2.24) is 0 Å². The highest BCUT2D eigenvalue weighted by atomic mass is 16.7. The van der Waals surface area contributed by atoms with Crippen molar-refractivity contribution < 1.29 is 14.3 Å². The van der Waals surface area contributed by atoms with Crippen LogP contribution in [0.1, 0.15) is 13.3 Å². The van der Waals surface area contributed by atoms with E-state index in [4.69, 9.17) is 14.3 Å². The Bertz CT molecular complexity index is 390. The summed E-state index contributed by atoms with van der Waals surface area (Å²) in [7, 11) is 0. The largest absolute Gasteiger partial charge is 0.491 e. The van der Waals surface area contributed by atoms with Crippen LogP contribution in [0.2, 0.25) is 0 Å². The molecule has 1 fully saturated rings. The number of epoxide rings is 1. The van der Waals surface area contributed by atoms with Crippen molar-refractivity contribution in [3.05, 3.63) is 18.2 Å². The average Bonchev–Trinajstić information content (AvgIpc) is 3.11. The summed E-state index contributed by atoms with van der Waals surface area (Å²) in [5.74, 6) is 1.74. The molecule has 16 heavy (non-hydrogen) atoms. The first kappa shape index (κ1) is 9.78. The van der Waals surface area contributed by atoms with Gasteiger partial charge in [-0.3, -0.25) is 0 Å². The van der Waals surface area contributed by atoms with Crippen LogP contribution in [-0.2, 0) is 4.74 Å². The molecule has 4 nitrogen and oxygen atoms in total. The van der Waals surface area contributed by atoms with Crippen LogP contribution in [0.5, 0.6) is 11.5 Å². The summed E-state index contributed by atoms with van der Waals surface area (Å²) < 4.78 is 10.9. The minimum atomic E-state index is 0.313. The molecule has 0 spiro atoms. The Morgan fingerprint density at radius 3 is 3.06 bits per heavy atom. The van der Waals surface area contributed by atoms with E-state index in [9.17, 15) is 0 Å². The highest BCUT2D eigenvalue weighted by Gasteiger charge is 2.30. The van der Waals surface area contributed by atoms with Crippen molar-refractivity contribution in [3.8, 4) is 11.5 Å². The van der Waals surface area contributed by atoms with Crippen molar-refractivity contribution in [2.24, 2.45) is 0 Å². The lowest BCUT2D eigenvalue weighted by Gasteiger charge is -2.30. The molecule has 3 heterocycles. The monoisotopic (exact) mass is 221 g/mol. The maximum atomic E-state index is 5.69. The van der Waals surface area contributed by atoms with E-state index in [-0.39, 0.29) is 0 Å². The Morgan fingerprint density at radius 1 is 1.50 bits per heavy atom. The number of anilines is 1. The second kappa shape index (κ2) is 3.87. The van der Waals surface area contributed by atoms with Gasteiger partial charge in [-0.1, -0.05) is 6.92 Å². The summed E-state index contributed by atoms with van der Waals surface area (Å²) in [4.78, 5) is 5.64. The van der Waals surface area contributed by atoms with Crippen molar-refractivity contribution in [2.45, 2.75) is 19.4 Å². The van der Waals surface area contributed by atoms with Gasteiger partial charge in [0, 0.05) is 6.07 Å². The summed E-state index contributed by atoms with van der Waals surface area (Å²) in [6, 6.07) is 5.93. The molecule has 3 aliphatic rings. The van der Waals surface area contributed by atoms with Gasteiger partial charge in [-0.15, -0.1) is 0 Å². The number of hydroxylamine groups is 1. The van der Waals surface area contributed by atoms with Crippen molar-refractivity contribution in [3.63, 3.8) is 0 Å². The molecule has 0 aliphatic carbocycles. The molecular weight excluding hydrogens is 206 g/mol. The highest BCUT2D eigenvalue weighted by molar-refractivity contribution is 5.63. The third kappa shape index (κ3) is 1.80. The molecule has 2 bridgehead atoms. The summed E-state index contributed by atoms with van der Waals surface area (Å²) in [5, 5.41) is 1.86. The lowest BCUT2D eigenvalue weighted by Crippen LogP contribution is -2.34. The number of hydrogen-bond acceptors (Lipinski definition) is 4. The first-order valence-electron chi connectivity index (χ1n) is 5.71. The van der Waals surface area contributed by atoms with Gasteiger partial charge in [0.25, 0.3) is 0 Å². The number of hydrogen-bond donors (Lipinski definition) is 0. The van der Waals surface area contributed by atoms with E-state index in [0.29, 0.717) is 6.10 Å². The zero-order valence-corrected chi connectivity index (χ0v) is 9.31. The number of rotatable bonds is 5. The standard InChI is InChI=1S/C12H15NO3/c1-2-5-14-12-6-9-3-4-11(12)13(16-9)7-10-8-15-10/h3-4,6,10H,2,5,7-8H2,1H3. The Kier molecular flexibility index (Phi) is 2.36. The quantitative estimate of drug-likeness (QED) is 0.712. The zero-order chi connectivity index (χ0) is 11.0. The fourth-order valence-electron chi connectivity index (χ4n) is 1.76. The van der Waals surface area contributed by atoms with Crippen LogP contribution in [0.4, 0.5) is 5.69 Å². The molecule has 1 unspecified atom stereocenters. The number of fused-ring (bicyclic) bond motifs is 3. The predicted octanol–water partition coefficient (Wildman–Crippen LogP) is 1.99. The molecule has 0 aromatic heterocycles. The fourth-order valence-corrected chi connectivity index (χ4v) is 1.76. The third-order valence-electron chi connectivity index (χ3n) is 2.65. The van der Waals surface area contributed by atoms with Crippen LogP contribution in [0.25, 0.3) is 0 Å². The van der Waals surface area contributed by atoms with Gasteiger partial charge >= 0.3 is 0 Å². The van der Waals surface area contributed by atoms with Crippen LogP contribution in [0.3, 0.4) is 0 Å². The van der Waals surface area contributed by atoms with Gasteiger partial charge in [-0.05, 0) is 18.6 Å². The van der Waals surface area contributed by atoms with E-state index in [1.54, 1.807) is 0 Å². The molecule has 3 aliphatic heterocycles. The Morgan fingerprint density at radius 2 is 2.38 bits per heavy atom. The normalized spacial score (nSPS) is 20.8. The second-order valence-electron chi connectivity index (χ2n) is 4.09. The molecule has 0 amide bonds. The lowest BCUT2D eigenvalue weighted by atomic mass is 10.2. The molecule has 0 N–H and O–H groups in total. The van der Waals surface area contributed by atoms with Crippen LogP contribution in [0.15, 0.2) is 18.2 Å². The smallest absolute Gasteiger partial charge is 0.159 e. The molecule has 1 aromatic rings. The van der Waals surface area contributed by atoms with Crippen LogP contribution >= 0.6 is 0 Å². The van der Waals surface area contributed by atoms with E-state index >= 15 is 0 Å². The summed E-state index contributed by atoms with van der Waals surface area (Å²) in [5.41, 5.74) is 0.999. The van der Waals surface area contributed by atoms with E-state index in [0.717, 1.165) is 43.4 Å². The second-order valence-corrected chi connectivity index (χ2v) is 4.09. The van der Waals surface area contributed by atoms with Gasteiger partial charge in [0.15, 0.2) is 5.75 Å². The molecule has 4 heteroatoms. The van der Waals surface area contributed by atoms with E-state index in [1.807, 2.05) is 23.3 Å². The Hall–Kier alpha value is -1.42. The minimum absolute atomic E-state index is 0.313. The number of nitrogens with zero attached hydrogens (tertiary/aromatic N) is 1. The number of benzene rings is 1. The van der Waals surface area contributed by atoms with E-state index in [1.165, 1.54) is 0 Å². The van der Waals surface area contributed by atoms with Gasteiger partial charge in [0.1, 0.15) is 17.5 Å².